The number of carbonyl (C=O) groups is 3. The van der Waals surface area contributed by atoms with Crippen molar-refractivity contribution in [3.63, 3.8) is 0 Å². The van der Waals surface area contributed by atoms with E-state index < -0.39 is 24.5 Å². The quantitative estimate of drug-likeness (QED) is 0.604. The number of hydrogen-bond acceptors (Lipinski definition) is 6. The van der Waals surface area contributed by atoms with Gasteiger partial charge in [0.1, 0.15) is 11.1 Å². The van der Waals surface area contributed by atoms with Gasteiger partial charge in [-0.2, -0.15) is 5.26 Å². The Bertz CT molecular complexity index is 949. The van der Waals surface area contributed by atoms with E-state index in [1.807, 2.05) is 6.07 Å². The number of urea groups is 1. The fraction of sp³-hybridized carbons (Fsp3) is 0.300. The summed E-state index contributed by atoms with van der Waals surface area (Å²) in [4.78, 5) is 36.6. The van der Waals surface area contributed by atoms with E-state index in [-0.39, 0.29) is 13.0 Å². The lowest BCUT2D eigenvalue weighted by Crippen LogP contribution is -2.31. The summed E-state index contributed by atoms with van der Waals surface area (Å²) >= 11 is 1.40. The molecule has 0 aliphatic heterocycles. The summed E-state index contributed by atoms with van der Waals surface area (Å²) < 4.78 is 4.93. The summed E-state index contributed by atoms with van der Waals surface area (Å²) in [5, 5.41) is 17.6. The number of carbonyl (C=O) groups excluding carboxylic acids is 3. The Morgan fingerprint density at radius 1 is 1.14 bits per heavy atom. The van der Waals surface area contributed by atoms with E-state index in [0.717, 1.165) is 29.7 Å². The summed E-state index contributed by atoms with van der Waals surface area (Å²) in [6.45, 7) is -0.363. The molecule has 3 rings (SSSR count). The van der Waals surface area contributed by atoms with Crippen LogP contribution in [0.25, 0.3) is 0 Å². The first kappa shape index (κ1) is 20.4. The molecule has 0 saturated carbocycles. The second-order valence-electron chi connectivity index (χ2n) is 6.38. The Morgan fingerprint density at radius 3 is 2.69 bits per heavy atom. The molecule has 1 aliphatic rings. The van der Waals surface area contributed by atoms with Gasteiger partial charge in [-0.25, -0.2) is 4.79 Å². The van der Waals surface area contributed by atoms with Crippen LogP contribution in [-0.2, 0) is 27.2 Å². The van der Waals surface area contributed by atoms with Crippen molar-refractivity contribution in [1.29, 1.82) is 5.26 Å². The van der Waals surface area contributed by atoms with Crippen LogP contribution in [0, 0.1) is 11.3 Å². The highest BCUT2D eigenvalue weighted by atomic mass is 32.1. The number of nitriles is 1. The van der Waals surface area contributed by atoms with Gasteiger partial charge < -0.3 is 20.7 Å². The fourth-order valence-corrected chi connectivity index (χ4v) is 4.22. The van der Waals surface area contributed by atoms with E-state index in [0.29, 0.717) is 16.3 Å². The van der Waals surface area contributed by atoms with E-state index in [1.54, 1.807) is 24.3 Å². The van der Waals surface area contributed by atoms with Gasteiger partial charge in [-0.3, -0.25) is 9.59 Å². The van der Waals surface area contributed by atoms with Gasteiger partial charge in [-0.15, -0.1) is 11.3 Å². The number of benzene rings is 1. The van der Waals surface area contributed by atoms with Crippen molar-refractivity contribution in [3.05, 3.63) is 46.3 Å². The lowest BCUT2D eigenvalue weighted by atomic mass is 10.1. The molecule has 3 amide bonds. The molecule has 150 valence electrons. The maximum atomic E-state index is 12.0. The lowest BCUT2D eigenvalue weighted by Gasteiger charge is -2.08. The van der Waals surface area contributed by atoms with Crippen molar-refractivity contribution >= 4 is 39.9 Å². The molecule has 9 heteroatoms. The maximum Gasteiger partial charge on any atom is 0.319 e. The third-order valence-electron chi connectivity index (χ3n) is 4.30. The predicted molar refractivity (Wildman–Crippen MR) is 109 cm³/mol. The van der Waals surface area contributed by atoms with Crippen LogP contribution >= 0.6 is 11.3 Å². The average Bonchev–Trinajstić information content (AvgIpc) is 3.27. The van der Waals surface area contributed by atoms with Crippen LogP contribution < -0.4 is 16.0 Å². The number of anilines is 2. The second kappa shape index (κ2) is 9.71. The standard InChI is InChI=1S/C20H20N4O4S/c21-11-15-14-7-4-8-16(14)29-19(15)24-17(25)12-28-18(26)9-10-22-20(27)23-13-5-2-1-3-6-13/h1-3,5-6H,4,7-10,12H2,(H,24,25)(H2,22,23,27). The van der Waals surface area contributed by atoms with Crippen LogP contribution in [0.3, 0.4) is 0 Å². The normalized spacial score (nSPS) is 11.8. The SMILES string of the molecule is N#Cc1c(NC(=O)COC(=O)CCNC(=O)Nc2ccccc2)sc2c1CCC2. The number of ether oxygens (including phenoxy) is 1. The summed E-state index contributed by atoms with van der Waals surface area (Å²) in [5.41, 5.74) is 2.17. The second-order valence-corrected chi connectivity index (χ2v) is 7.48. The highest BCUT2D eigenvalue weighted by Gasteiger charge is 2.23. The van der Waals surface area contributed by atoms with Crippen molar-refractivity contribution in [3.8, 4) is 6.07 Å². The minimum absolute atomic E-state index is 0.0633. The van der Waals surface area contributed by atoms with Crippen LogP contribution in [0.5, 0.6) is 0 Å². The highest BCUT2D eigenvalue weighted by molar-refractivity contribution is 7.16. The summed E-state index contributed by atoms with van der Waals surface area (Å²) in [7, 11) is 0. The molecular formula is C20H20N4O4S. The third-order valence-corrected chi connectivity index (χ3v) is 5.50. The van der Waals surface area contributed by atoms with Crippen molar-refractivity contribution in [2.45, 2.75) is 25.7 Å². The van der Waals surface area contributed by atoms with Crippen LogP contribution in [0.2, 0.25) is 0 Å². The number of esters is 1. The van der Waals surface area contributed by atoms with Crippen LogP contribution in [0.1, 0.15) is 28.8 Å². The Kier molecular flexibility index (Phi) is 6.81. The summed E-state index contributed by atoms with van der Waals surface area (Å²) in [5.74, 6) is -1.10. The molecule has 0 fully saturated rings. The average molecular weight is 412 g/mol. The Hall–Kier alpha value is -3.38. The minimum Gasteiger partial charge on any atom is -0.456 e. The first-order valence-corrected chi connectivity index (χ1v) is 9.98. The molecule has 1 aliphatic carbocycles. The zero-order chi connectivity index (χ0) is 20.6. The number of thiophene rings is 1. The minimum atomic E-state index is -0.602. The zero-order valence-electron chi connectivity index (χ0n) is 15.6. The number of aryl methyl sites for hydroxylation is 1. The molecule has 1 aromatic heterocycles. The number of amides is 3. The monoisotopic (exact) mass is 412 g/mol. The van der Waals surface area contributed by atoms with Gasteiger partial charge in [0.05, 0.1) is 12.0 Å². The smallest absolute Gasteiger partial charge is 0.319 e. The number of hydrogen-bond donors (Lipinski definition) is 3. The van der Waals surface area contributed by atoms with Crippen molar-refractivity contribution in [1.82, 2.24) is 5.32 Å². The zero-order valence-corrected chi connectivity index (χ0v) is 16.4. The van der Waals surface area contributed by atoms with Crippen molar-refractivity contribution in [2.75, 3.05) is 23.8 Å². The summed E-state index contributed by atoms with van der Waals surface area (Å²) in [6.07, 6.45) is 2.74. The molecule has 1 aromatic carbocycles. The van der Waals surface area contributed by atoms with Gasteiger partial charge in [0, 0.05) is 17.1 Å². The molecule has 1 heterocycles. The van der Waals surface area contributed by atoms with Gasteiger partial charge >= 0.3 is 12.0 Å². The van der Waals surface area contributed by atoms with E-state index in [9.17, 15) is 19.6 Å². The number of nitrogens with one attached hydrogen (secondary N) is 3. The molecular weight excluding hydrogens is 392 g/mol. The molecule has 0 spiro atoms. The Morgan fingerprint density at radius 2 is 1.93 bits per heavy atom. The van der Waals surface area contributed by atoms with Crippen molar-refractivity contribution in [2.24, 2.45) is 0 Å². The summed E-state index contributed by atoms with van der Waals surface area (Å²) in [6, 6.07) is 10.6. The highest BCUT2D eigenvalue weighted by Crippen LogP contribution is 2.38. The van der Waals surface area contributed by atoms with Gasteiger partial charge in [0.15, 0.2) is 6.61 Å². The maximum absolute atomic E-state index is 12.0. The van der Waals surface area contributed by atoms with E-state index >= 15 is 0 Å². The Balaban J connectivity index is 1.36. The number of rotatable bonds is 7. The number of nitrogens with zero attached hydrogens (tertiary/aromatic N) is 1. The molecule has 0 radical (unpaired) electrons. The third kappa shape index (κ3) is 5.56. The largest absolute Gasteiger partial charge is 0.456 e. The van der Waals surface area contributed by atoms with Crippen LogP contribution in [0.15, 0.2) is 30.3 Å². The molecule has 0 saturated heterocycles. The molecule has 0 atom stereocenters. The van der Waals surface area contributed by atoms with Crippen LogP contribution in [0.4, 0.5) is 15.5 Å². The molecule has 0 bridgehead atoms. The topological polar surface area (TPSA) is 120 Å². The molecule has 2 aromatic rings. The Labute approximate surface area is 171 Å². The lowest BCUT2D eigenvalue weighted by molar-refractivity contribution is -0.147. The van der Waals surface area contributed by atoms with Crippen LogP contribution in [-0.4, -0.2) is 31.1 Å². The first-order chi connectivity index (χ1) is 14.1. The molecule has 8 nitrogen and oxygen atoms in total. The van der Waals surface area contributed by atoms with Gasteiger partial charge in [0.2, 0.25) is 0 Å². The molecule has 0 unspecified atom stereocenters. The van der Waals surface area contributed by atoms with E-state index in [4.69, 9.17) is 4.74 Å². The number of fused-ring (bicyclic) bond motifs is 1. The van der Waals surface area contributed by atoms with E-state index in [2.05, 4.69) is 22.0 Å². The van der Waals surface area contributed by atoms with Gasteiger partial charge in [-0.05, 0) is 37.0 Å². The molecule has 3 N–H and O–H groups in total. The first-order valence-electron chi connectivity index (χ1n) is 9.17. The van der Waals surface area contributed by atoms with Gasteiger partial charge in [0.25, 0.3) is 5.91 Å². The predicted octanol–water partition coefficient (Wildman–Crippen LogP) is 2.80. The molecule has 29 heavy (non-hydrogen) atoms. The number of para-hydroxylation sites is 1. The fourth-order valence-electron chi connectivity index (χ4n) is 2.97. The van der Waals surface area contributed by atoms with Crippen molar-refractivity contribution < 1.29 is 19.1 Å². The van der Waals surface area contributed by atoms with E-state index in [1.165, 1.54) is 11.3 Å². The van der Waals surface area contributed by atoms with Gasteiger partial charge in [-0.1, -0.05) is 18.2 Å².